The summed E-state index contributed by atoms with van der Waals surface area (Å²) < 4.78 is 5.25. The van der Waals surface area contributed by atoms with E-state index >= 15 is 0 Å². The number of hydrogen-bond donors (Lipinski definition) is 3. The van der Waals surface area contributed by atoms with E-state index in [0.29, 0.717) is 5.75 Å². The van der Waals surface area contributed by atoms with E-state index in [0.717, 1.165) is 31.9 Å². The van der Waals surface area contributed by atoms with Gasteiger partial charge in [-0.25, -0.2) is 0 Å². The highest BCUT2D eigenvalue weighted by Gasteiger charge is 2.02. The van der Waals surface area contributed by atoms with Crippen LogP contribution in [-0.2, 0) is 24.2 Å². The smallest absolute Gasteiger partial charge is 0.255 e. The lowest BCUT2D eigenvalue weighted by molar-refractivity contribution is -0.119. The number of carbonyl (C=O) groups is 1. The highest BCUT2D eigenvalue weighted by molar-refractivity contribution is 14.0. The standard InChI is InChI=1S/C19H26N4O2S.HI/c1-3-16-8-9-17(26-16)12-23-19(21-2)22-11-10-14-4-6-15(7-5-14)25-13-18(20)24;/h4-9H,3,10-13H2,1-2H3,(H2,20,24)(H2,21,22,23);1H. The summed E-state index contributed by atoms with van der Waals surface area (Å²) in [7, 11) is 1.77. The first-order valence-corrected chi connectivity index (χ1v) is 9.44. The Kier molecular flexibility index (Phi) is 10.8. The van der Waals surface area contributed by atoms with E-state index in [9.17, 15) is 4.79 Å². The number of nitrogens with one attached hydrogen (secondary N) is 2. The average Bonchev–Trinajstić information content (AvgIpc) is 3.12. The minimum atomic E-state index is -0.481. The van der Waals surface area contributed by atoms with Crippen molar-refractivity contribution in [3.63, 3.8) is 0 Å². The van der Waals surface area contributed by atoms with Crippen LogP contribution >= 0.6 is 35.3 Å². The number of thiophene rings is 1. The van der Waals surface area contributed by atoms with E-state index in [2.05, 4.69) is 34.7 Å². The average molecular weight is 502 g/mol. The maximum absolute atomic E-state index is 10.7. The van der Waals surface area contributed by atoms with E-state index in [1.807, 2.05) is 35.6 Å². The lowest BCUT2D eigenvalue weighted by atomic mass is 10.1. The third kappa shape index (κ3) is 8.61. The van der Waals surface area contributed by atoms with Crippen LogP contribution in [0.5, 0.6) is 5.75 Å². The van der Waals surface area contributed by atoms with Gasteiger partial charge in [-0.1, -0.05) is 19.1 Å². The van der Waals surface area contributed by atoms with Crippen LogP contribution in [0.2, 0.25) is 0 Å². The Morgan fingerprint density at radius 2 is 1.85 bits per heavy atom. The molecule has 0 fully saturated rings. The Morgan fingerprint density at radius 1 is 1.15 bits per heavy atom. The number of benzene rings is 1. The maximum atomic E-state index is 10.7. The molecule has 2 aromatic rings. The summed E-state index contributed by atoms with van der Waals surface area (Å²) in [5.41, 5.74) is 6.23. The summed E-state index contributed by atoms with van der Waals surface area (Å²) in [6, 6.07) is 12.0. The number of rotatable bonds is 9. The number of guanidine groups is 1. The SMILES string of the molecule is CCc1ccc(CNC(=NC)NCCc2ccc(OCC(N)=O)cc2)s1.I. The fourth-order valence-electron chi connectivity index (χ4n) is 2.33. The molecule has 148 valence electrons. The molecule has 27 heavy (non-hydrogen) atoms. The molecule has 0 aliphatic heterocycles. The molecule has 0 aliphatic rings. The van der Waals surface area contributed by atoms with Gasteiger partial charge in [0.1, 0.15) is 5.75 Å². The fourth-order valence-corrected chi connectivity index (χ4v) is 3.23. The molecule has 2 rings (SSSR count). The molecule has 0 radical (unpaired) electrons. The number of ether oxygens (including phenoxy) is 1. The van der Waals surface area contributed by atoms with Crippen molar-refractivity contribution >= 4 is 47.2 Å². The maximum Gasteiger partial charge on any atom is 0.255 e. The van der Waals surface area contributed by atoms with E-state index in [1.165, 1.54) is 15.3 Å². The molecular formula is C19H27IN4O2S. The number of halogens is 1. The number of nitrogens with two attached hydrogens (primary N) is 1. The number of aryl methyl sites for hydroxylation is 1. The van der Waals surface area contributed by atoms with Crippen molar-refractivity contribution in [2.24, 2.45) is 10.7 Å². The molecule has 0 bridgehead atoms. The van der Waals surface area contributed by atoms with Crippen LogP contribution in [0.4, 0.5) is 0 Å². The van der Waals surface area contributed by atoms with Gasteiger partial charge in [0.2, 0.25) is 0 Å². The number of aliphatic imine (C=N–C) groups is 1. The second kappa shape index (κ2) is 12.6. The second-order valence-electron chi connectivity index (χ2n) is 5.72. The summed E-state index contributed by atoms with van der Waals surface area (Å²) in [6.45, 7) is 3.61. The van der Waals surface area contributed by atoms with Crippen molar-refractivity contribution in [1.82, 2.24) is 10.6 Å². The minimum absolute atomic E-state index is 0. The van der Waals surface area contributed by atoms with Gasteiger partial charge in [-0.3, -0.25) is 9.79 Å². The zero-order chi connectivity index (χ0) is 18.8. The molecule has 1 heterocycles. The number of carbonyl (C=O) groups excluding carboxylic acids is 1. The molecule has 0 saturated heterocycles. The molecule has 1 aromatic carbocycles. The summed E-state index contributed by atoms with van der Waals surface area (Å²) in [5.74, 6) is 0.948. The molecule has 0 spiro atoms. The van der Waals surface area contributed by atoms with Gasteiger partial charge in [-0.15, -0.1) is 35.3 Å². The molecule has 0 aliphatic carbocycles. The Balaban J connectivity index is 0.00000364. The fraction of sp³-hybridized carbons (Fsp3) is 0.368. The van der Waals surface area contributed by atoms with Gasteiger partial charge < -0.3 is 21.1 Å². The third-order valence-corrected chi connectivity index (χ3v) is 4.96. The van der Waals surface area contributed by atoms with E-state index in [4.69, 9.17) is 10.5 Å². The Morgan fingerprint density at radius 3 is 2.44 bits per heavy atom. The summed E-state index contributed by atoms with van der Waals surface area (Å²) in [5, 5.41) is 6.65. The van der Waals surface area contributed by atoms with Crippen molar-refractivity contribution in [3.8, 4) is 5.75 Å². The zero-order valence-electron chi connectivity index (χ0n) is 15.7. The number of nitrogens with zero attached hydrogens (tertiary/aromatic N) is 1. The summed E-state index contributed by atoms with van der Waals surface area (Å²) in [4.78, 5) is 17.7. The molecule has 8 heteroatoms. The van der Waals surface area contributed by atoms with Crippen LogP contribution in [0.3, 0.4) is 0 Å². The Labute approximate surface area is 181 Å². The van der Waals surface area contributed by atoms with Crippen molar-refractivity contribution in [2.75, 3.05) is 20.2 Å². The van der Waals surface area contributed by atoms with E-state index in [1.54, 1.807) is 7.05 Å². The van der Waals surface area contributed by atoms with Gasteiger partial charge in [-0.05, 0) is 42.7 Å². The first-order chi connectivity index (χ1) is 12.6. The normalized spacial score (nSPS) is 10.8. The Bertz CT molecular complexity index is 732. The van der Waals surface area contributed by atoms with Crippen LogP contribution in [0.1, 0.15) is 22.2 Å². The first kappa shape index (κ1) is 23.2. The predicted molar refractivity (Wildman–Crippen MR) is 122 cm³/mol. The number of primary amides is 1. The molecule has 1 amide bonds. The first-order valence-electron chi connectivity index (χ1n) is 8.63. The molecular weight excluding hydrogens is 475 g/mol. The van der Waals surface area contributed by atoms with Crippen molar-refractivity contribution in [2.45, 2.75) is 26.3 Å². The highest BCUT2D eigenvalue weighted by Crippen LogP contribution is 2.16. The predicted octanol–water partition coefficient (Wildman–Crippen LogP) is 2.70. The molecule has 1 aromatic heterocycles. The van der Waals surface area contributed by atoms with Gasteiger partial charge in [0.05, 0.1) is 6.54 Å². The molecule has 0 saturated carbocycles. The van der Waals surface area contributed by atoms with Gasteiger partial charge in [0, 0.05) is 23.3 Å². The minimum Gasteiger partial charge on any atom is -0.484 e. The third-order valence-electron chi connectivity index (χ3n) is 3.73. The molecule has 4 N–H and O–H groups in total. The monoisotopic (exact) mass is 502 g/mol. The molecule has 6 nitrogen and oxygen atoms in total. The lowest BCUT2D eigenvalue weighted by Gasteiger charge is -2.11. The van der Waals surface area contributed by atoms with Crippen molar-refractivity contribution in [1.29, 1.82) is 0 Å². The van der Waals surface area contributed by atoms with E-state index in [-0.39, 0.29) is 30.6 Å². The van der Waals surface area contributed by atoms with Crippen LogP contribution in [0.15, 0.2) is 41.4 Å². The second-order valence-corrected chi connectivity index (χ2v) is 6.98. The van der Waals surface area contributed by atoms with Crippen molar-refractivity contribution in [3.05, 3.63) is 51.7 Å². The summed E-state index contributed by atoms with van der Waals surface area (Å²) in [6.07, 6.45) is 1.93. The van der Waals surface area contributed by atoms with Crippen LogP contribution in [-0.4, -0.2) is 32.1 Å². The van der Waals surface area contributed by atoms with Crippen molar-refractivity contribution < 1.29 is 9.53 Å². The number of amides is 1. The van der Waals surface area contributed by atoms with Gasteiger partial charge >= 0.3 is 0 Å². The summed E-state index contributed by atoms with van der Waals surface area (Å²) >= 11 is 1.83. The molecule has 0 unspecified atom stereocenters. The van der Waals surface area contributed by atoms with Gasteiger partial charge in [0.15, 0.2) is 12.6 Å². The quantitative estimate of drug-likeness (QED) is 0.280. The Hall–Kier alpha value is -1.81. The lowest BCUT2D eigenvalue weighted by Crippen LogP contribution is -2.37. The van der Waals surface area contributed by atoms with Crippen LogP contribution in [0.25, 0.3) is 0 Å². The zero-order valence-corrected chi connectivity index (χ0v) is 18.8. The van der Waals surface area contributed by atoms with Gasteiger partial charge in [-0.2, -0.15) is 0 Å². The van der Waals surface area contributed by atoms with Gasteiger partial charge in [0.25, 0.3) is 5.91 Å². The molecule has 0 atom stereocenters. The number of hydrogen-bond acceptors (Lipinski definition) is 4. The largest absolute Gasteiger partial charge is 0.484 e. The topological polar surface area (TPSA) is 88.7 Å². The highest BCUT2D eigenvalue weighted by atomic mass is 127. The van der Waals surface area contributed by atoms with E-state index < -0.39 is 5.91 Å². The van der Waals surface area contributed by atoms with Crippen LogP contribution in [0, 0.1) is 0 Å². The van der Waals surface area contributed by atoms with Crippen LogP contribution < -0.4 is 21.1 Å².